The van der Waals surface area contributed by atoms with Gasteiger partial charge in [-0.05, 0) is 25.2 Å². The summed E-state index contributed by atoms with van der Waals surface area (Å²) in [6.07, 6.45) is 0. The van der Waals surface area contributed by atoms with Crippen molar-refractivity contribution >= 4 is 23.3 Å². The van der Waals surface area contributed by atoms with E-state index in [1.807, 2.05) is 6.07 Å². The zero-order chi connectivity index (χ0) is 7.56. The molecule has 0 spiro atoms. The SMILES string of the molecule is C=Nc1snc(C)c1C#N. The molecule has 10 heavy (non-hydrogen) atoms. The molecule has 0 aliphatic carbocycles. The van der Waals surface area contributed by atoms with Gasteiger partial charge in [-0.3, -0.25) is 4.99 Å². The molecule has 0 bridgehead atoms. The largest absolute Gasteiger partial charge is 0.251 e. The predicted octanol–water partition coefficient (Wildman–Crippen LogP) is 1.66. The fourth-order valence-electron chi connectivity index (χ4n) is 0.594. The van der Waals surface area contributed by atoms with Gasteiger partial charge in [-0.15, -0.1) is 0 Å². The van der Waals surface area contributed by atoms with Gasteiger partial charge in [0.25, 0.3) is 0 Å². The van der Waals surface area contributed by atoms with Crippen LogP contribution in [0.5, 0.6) is 0 Å². The van der Waals surface area contributed by atoms with E-state index in [4.69, 9.17) is 5.26 Å². The van der Waals surface area contributed by atoms with Crippen LogP contribution in [-0.2, 0) is 0 Å². The average Bonchev–Trinajstić information content (AvgIpc) is 2.30. The lowest BCUT2D eigenvalue weighted by molar-refractivity contribution is 1.31. The van der Waals surface area contributed by atoms with Crippen molar-refractivity contribution in [2.24, 2.45) is 4.99 Å². The zero-order valence-electron chi connectivity index (χ0n) is 5.46. The van der Waals surface area contributed by atoms with Crippen molar-refractivity contribution in [3.63, 3.8) is 0 Å². The highest BCUT2D eigenvalue weighted by Gasteiger charge is 2.06. The minimum absolute atomic E-state index is 0.542. The maximum atomic E-state index is 8.55. The van der Waals surface area contributed by atoms with Crippen molar-refractivity contribution in [2.75, 3.05) is 0 Å². The van der Waals surface area contributed by atoms with Crippen LogP contribution in [0.3, 0.4) is 0 Å². The first kappa shape index (κ1) is 6.90. The van der Waals surface area contributed by atoms with E-state index in [9.17, 15) is 0 Å². The maximum Gasteiger partial charge on any atom is 0.153 e. The van der Waals surface area contributed by atoms with Crippen molar-refractivity contribution in [1.82, 2.24) is 4.37 Å². The van der Waals surface area contributed by atoms with Gasteiger partial charge in [-0.25, -0.2) is 0 Å². The van der Waals surface area contributed by atoms with Gasteiger partial charge in [0.2, 0.25) is 0 Å². The Balaban J connectivity index is 3.29. The topological polar surface area (TPSA) is 49.0 Å². The Morgan fingerprint density at radius 1 is 1.80 bits per heavy atom. The molecule has 0 saturated carbocycles. The van der Waals surface area contributed by atoms with Gasteiger partial charge >= 0.3 is 0 Å². The molecular formula is C6H5N3S. The Kier molecular flexibility index (Phi) is 1.78. The third-order valence-electron chi connectivity index (χ3n) is 1.10. The second kappa shape index (κ2) is 2.58. The summed E-state index contributed by atoms with van der Waals surface area (Å²) >= 11 is 1.20. The number of nitriles is 1. The molecule has 0 atom stereocenters. The second-order valence-corrected chi connectivity index (χ2v) is 2.47. The first-order chi connectivity index (χ1) is 4.79. The molecule has 50 valence electrons. The minimum Gasteiger partial charge on any atom is -0.251 e. The summed E-state index contributed by atoms with van der Waals surface area (Å²) in [6, 6.07) is 2.01. The van der Waals surface area contributed by atoms with Gasteiger partial charge in [0.05, 0.1) is 5.69 Å². The Labute approximate surface area is 62.8 Å². The fourth-order valence-corrected chi connectivity index (χ4v) is 1.25. The summed E-state index contributed by atoms with van der Waals surface area (Å²) in [7, 11) is 0. The molecule has 0 radical (unpaired) electrons. The quantitative estimate of drug-likeness (QED) is 0.573. The molecule has 0 fully saturated rings. The van der Waals surface area contributed by atoms with Gasteiger partial charge in [0.15, 0.2) is 5.00 Å². The molecule has 4 heteroatoms. The molecule has 1 aromatic rings. The van der Waals surface area contributed by atoms with Crippen LogP contribution in [0.1, 0.15) is 11.3 Å². The molecule has 1 heterocycles. The average molecular weight is 151 g/mol. The van der Waals surface area contributed by atoms with Crippen LogP contribution in [0.4, 0.5) is 5.00 Å². The van der Waals surface area contributed by atoms with Crippen molar-refractivity contribution in [3.8, 4) is 6.07 Å². The summed E-state index contributed by atoms with van der Waals surface area (Å²) in [4.78, 5) is 3.65. The van der Waals surface area contributed by atoms with Crippen LogP contribution >= 0.6 is 11.5 Å². The standard InChI is InChI=1S/C6H5N3S/c1-4-5(3-7)6(8-2)10-9-4/h2H2,1H3. The van der Waals surface area contributed by atoms with E-state index in [0.717, 1.165) is 5.69 Å². The fraction of sp³-hybridized carbons (Fsp3) is 0.167. The molecule has 1 aromatic heterocycles. The molecule has 0 saturated heterocycles. The predicted molar refractivity (Wildman–Crippen MR) is 40.8 cm³/mol. The van der Waals surface area contributed by atoms with Crippen molar-refractivity contribution in [3.05, 3.63) is 11.3 Å². The number of nitrogens with zero attached hydrogens (tertiary/aromatic N) is 3. The monoisotopic (exact) mass is 151 g/mol. The second-order valence-electron chi connectivity index (χ2n) is 1.72. The summed E-state index contributed by atoms with van der Waals surface area (Å²) < 4.78 is 3.94. The third-order valence-corrected chi connectivity index (χ3v) is 1.97. The normalized spacial score (nSPS) is 8.80. The molecule has 0 N–H and O–H groups in total. The van der Waals surface area contributed by atoms with E-state index in [2.05, 4.69) is 16.1 Å². The van der Waals surface area contributed by atoms with Gasteiger partial charge < -0.3 is 0 Å². The molecule has 1 rings (SSSR count). The van der Waals surface area contributed by atoms with Crippen LogP contribution in [-0.4, -0.2) is 11.1 Å². The minimum atomic E-state index is 0.542. The highest BCUT2D eigenvalue weighted by Crippen LogP contribution is 2.25. The van der Waals surface area contributed by atoms with E-state index >= 15 is 0 Å². The van der Waals surface area contributed by atoms with E-state index < -0.39 is 0 Å². The first-order valence-corrected chi connectivity index (χ1v) is 3.40. The molecule has 0 aliphatic rings. The Morgan fingerprint density at radius 2 is 2.50 bits per heavy atom. The number of hydrogen-bond donors (Lipinski definition) is 0. The molecule has 3 nitrogen and oxygen atoms in total. The van der Waals surface area contributed by atoms with Crippen LogP contribution in [0.25, 0.3) is 0 Å². The Bertz CT molecular complexity index is 294. The molecule has 0 aliphatic heterocycles. The summed E-state index contributed by atoms with van der Waals surface area (Å²) in [6.45, 7) is 5.10. The first-order valence-electron chi connectivity index (χ1n) is 2.62. The van der Waals surface area contributed by atoms with Gasteiger partial charge in [-0.1, -0.05) is 0 Å². The van der Waals surface area contributed by atoms with E-state index in [-0.39, 0.29) is 0 Å². The summed E-state index contributed by atoms with van der Waals surface area (Å²) in [5.41, 5.74) is 1.27. The lowest BCUT2D eigenvalue weighted by Gasteiger charge is -1.81. The molecule has 0 unspecified atom stereocenters. The number of aryl methyl sites for hydroxylation is 1. The summed E-state index contributed by atoms with van der Waals surface area (Å²) in [5, 5.41) is 9.16. The maximum absolute atomic E-state index is 8.55. The highest BCUT2D eigenvalue weighted by molar-refractivity contribution is 7.10. The van der Waals surface area contributed by atoms with Crippen LogP contribution in [0.15, 0.2) is 4.99 Å². The van der Waals surface area contributed by atoms with Crippen molar-refractivity contribution < 1.29 is 0 Å². The number of rotatable bonds is 1. The van der Waals surface area contributed by atoms with Gasteiger partial charge in [-0.2, -0.15) is 9.64 Å². The smallest absolute Gasteiger partial charge is 0.153 e. The van der Waals surface area contributed by atoms with Crippen LogP contribution in [0.2, 0.25) is 0 Å². The van der Waals surface area contributed by atoms with E-state index in [1.54, 1.807) is 6.92 Å². The van der Waals surface area contributed by atoms with Gasteiger partial charge in [0.1, 0.15) is 11.6 Å². The zero-order valence-corrected chi connectivity index (χ0v) is 6.27. The highest BCUT2D eigenvalue weighted by atomic mass is 32.1. The summed E-state index contributed by atoms with van der Waals surface area (Å²) in [5.74, 6) is 0. The number of aromatic nitrogens is 1. The molecule has 0 aromatic carbocycles. The number of aliphatic imine (C=N–C) groups is 1. The van der Waals surface area contributed by atoms with Crippen molar-refractivity contribution in [1.29, 1.82) is 5.26 Å². The lowest BCUT2D eigenvalue weighted by atomic mass is 10.3. The van der Waals surface area contributed by atoms with E-state index in [1.165, 1.54) is 11.5 Å². The third kappa shape index (κ3) is 0.913. The van der Waals surface area contributed by atoms with E-state index in [0.29, 0.717) is 10.6 Å². The molecular weight excluding hydrogens is 146 g/mol. The Hall–Kier alpha value is -1.21. The molecule has 0 amide bonds. The van der Waals surface area contributed by atoms with Gasteiger partial charge in [0, 0.05) is 0 Å². The Morgan fingerprint density at radius 3 is 2.90 bits per heavy atom. The van der Waals surface area contributed by atoms with Crippen LogP contribution < -0.4 is 0 Å². The number of hydrogen-bond acceptors (Lipinski definition) is 4. The lowest BCUT2D eigenvalue weighted by Crippen LogP contribution is -1.73. The van der Waals surface area contributed by atoms with Crippen LogP contribution in [0, 0.1) is 18.3 Å². The van der Waals surface area contributed by atoms with Crippen molar-refractivity contribution in [2.45, 2.75) is 6.92 Å².